The van der Waals surface area contributed by atoms with Crippen LogP contribution >= 0.6 is 12.4 Å². The predicted octanol–water partition coefficient (Wildman–Crippen LogP) is 2.99. The van der Waals surface area contributed by atoms with Crippen LogP contribution in [0.25, 0.3) is 0 Å². The van der Waals surface area contributed by atoms with E-state index in [-0.39, 0.29) is 18.4 Å². The summed E-state index contributed by atoms with van der Waals surface area (Å²) in [6.07, 6.45) is 2.70. The molecule has 0 aliphatic rings. The van der Waals surface area contributed by atoms with Crippen molar-refractivity contribution in [2.75, 3.05) is 0 Å². The molecule has 0 aliphatic carbocycles. The van der Waals surface area contributed by atoms with Crippen LogP contribution in [0.4, 0.5) is 0 Å². The van der Waals surface area contributed by atoms with Crippen molar-refractivity contribution in [3.63, 3.8) is 0 Å². The summed E-state index contributed by atoms with van der Waals surface area (Å²) in [5, 5.41) is 0. The van der Waals surface area contributed by atoms with Gasteiger partial charge < -0.3 is 5.73 Å². The van der Waals surface area contributed by atoms with Gasteiger partial charge in [0, 0.05) is 6.04 Å². The van der Waals surface area contributed by atoms with Gasteiger partial charge >= 0.3 is 0 Å². The minimum Gasteiger partial charge on any atom is -0.324 e. The Morgan fingerprint density at radius 3 is 2.62 bits per heavy atom. The molecule has 0 aliphatic heterocycles. The zero-order valence-electron chi connectivity index (χ0n) is 7.86. The van der Waals surface area contributed by atoms with Crippen LogP contribution in [0.3, 0.4) is 0 Å². The van der Waals surface area contributed by atoms with Crippen LogP contribution in [0.1, 0.15) is 23.6 Å². The lowest BCUT2D eigenvalue weighted by Crippen LogP contribution is -2.10. The molecule has 0 spiro atoms. The van der Waals surface area contributed by atoms with Gasteiger partial charge in [0.05, 0.1) is 0 Å². The number of hydrogen-bond donors (Lipinski definition) is 1. The van der Waals surface area contributed by atoms with Gasteiger partial charge in [0.2, 0.25) is 0 Å². The Labute approximate surface area is 86.1 Å². The number of halogens is 1. The molecule has 1 aromatic carbocycles. The van der Waals surface area contributed by atoms with Crippen LogP contribution in [-0.2, 0) is 0 Å². The first-order chi connectivity index (χ1) is 5.75. The van der Waals surface area contributed by atoms with Crippen molar-refractivity contribution in [1.82, 2.24) is 0 Å². The number of benzene rings is 1. The van der Waals surface area contributed by atoms with Gasteiger partial charge in [-0.3, -0.25) is 0 Å². The van der Waals surface area contributed by atoms with Crippen LogP contribution in [0.2, 0.25) is 0 Å². The Bertz CT molecular complexity index is 271. The second-order valence-corrected chi connectivity index (χ2v) is 2.99. The smallest absolute Gasteiger partial charge is 0.0332 e. The van der Waals surface area contributed by atoms with E-state index in [2.05, 4.69) is 25.6 Å². The average Bonchev–Trinajstić information content (AvgIpc) is 2.05. The fraction of sp³-hybridized carbons (Fsp3) is 0.273. The molecule has 0 unspecified atom stereocenters. The van der Waals surface area contributed by atoms with E-state index in [1.807, 2.05) is 18.2 Å². The third-order valence-corrected chi connectivity index (χ3v) is 2.01. The van der Waals surface area contributed by atoms with E-state index in [0.29, 0.717) is 0 Å². The summed E-state index contributed by atoms with van der Waals surface area (Å²) in [5.74, 6) is 0. The van der Waals surface area contributed by atoms with Crippen LogP contribution in [0.15, 0.2) is 36.9 Å². The van der Waals surface area contributed by atoms with E-state index >= 15 is 0 Å². The highest BCUT2D eigenvalue weighted by molar-refractivity contribution is 5.85. The standard InChI is InChI=1S/C11H15N.ClH/c1-3-6-11(12)10-8-5-4-7-9(10)2;/h3-5,7-8,11H,1,6,12H2,2H3;1H/t11-;/m1./s1. The molecule has 0 aromatic heterocycles. The first kappa shape index (κ1) is 12.2. The molecule has 72 valence electrons. The number of hydrogen-bond acceptors (Lipinski definition) is 1. The van der Waals surface area contributed by atoms with Crippen LogP contribution < -0.4 is 5.73 Å². The largest absolute Gasteiger partial charge is 0.324 e. The van der Waals surface area contributed by atoms with Gasteiger partial charge in [-0.2, -0.15) is 0 Å². The van der Waals surface area contributed by atoms with E-state index in [1.165, 1.54) is 11.1 Å². The third-order valence-electron chi connectivity index (χ3n) is 2.01. The molecule has 0 radical (unpaired) electrons. The summed E-state index contributed by atoms with van der Waals surface area (Å²) < 4.78 is 0. The summed E-state index contributed by atoms with van der Waals surface area (Å²) in [6.45, 7) is 5.76. The first-order valence-corrected chi connectivity index (χ1v) is 4.17. The summed E-state index contributed by atoms with van der Waals surface area (Å²) in [5.41, 5.74) is 8.41. The summed E-state index contributed by atoms with van der Waals surface area (Å²) in [6, 6.07) is 8.30. The van der Waals surface area contributed by atoms with Gasteiger partial charge in [-0.15, -0.1) is 19.0 Å². The Morgan fingerprint density at radius 1 is 1.46 bits per heavy atom. The molecule has 0 saturated carbocycles. The van der Waals surface area contributed by atoms with Crippen LogP contribution in [0.5, 0.6) is 0 Å². The predicted molar refractivity (Wildman–Crippen MR) is 60.2 cm³/mol. The number of aryl methyl sites for hydroxylation is 1. The normalized spacial score (nSPS) is 11.5. The third kappa shape index (κ3) is 3.21. The molecule has 0 amide bonds. The zero-order valence-corrected chi connectivity index (χ0v) is 8.68. The topological polar surface area (TPSA) is 26.0 Å². The highest BCUT2D eigenvalue weighted by Gasteiger charge is 2.04. The first-order valence-electron chi connectivity index (χ1n) is 4.17. The van der Waals surface area contributed by atoms with E-state index in [0.717, 1.165) is 6.42 Å². The maximum Gasteiger partial charge on any atom is 0.0332 e. The molecule has 13 heavy (non-hydrogen) atoms. The molecule has 2 heteroatoms. The van der Waals surface area contributed by atoms with Crippen molar-refractivity contribution >= 4 is 12.4 Å². The minimum absolute atomic E-state index is 0. The van der Waals surface area contributed by atoms with E-state index in [1.54, 1.807) is 0 Å². The second kappa shape index (κ2) is 5.79. The highest BCUT2D eigenvalue weighted by Crippen LogP contribution is 2.17. The van der Waals surface area contributed by atoms with Crippen LogP contribution in [0, 0.1) is 6.92 Å². The molecule has 0 bridgehead atoms. The van der Waals surface area contributed by atoms with E-state index < -0.39 is 0 Å². The quantitative estimate of drug-likeness (QED) is 0.741. The average molecular weight is 198 g/mol. The second-order valence-electron chi connectivity index (χ2n) is 2.99. The number of nitrogens with two attached hydrogens (primary N) is 1. The van der Waals surface area contributed by atoms with Crippen molar-refractivity contribution in [1.29, 1.82) is 0 Å². The van der Waals surface area contributed by atoms with Crippen molar-refractivity contribution in [2.24, 2.45) is 5.73 Å². The minimum atomic E-state index is 0. The monoisotopic (exact) mass is 197 g/mol. The van der Waals surface area contributed by atoms with E-state index in [9.17, 15) is 0 Å². The zero-order chi connectivity index (χ0) is 8.97. The fourth-order valence-electron chi connectivity index (χ4n) is 1.31. The highest BCUT2D eigenvalue weighted by atomic mass is 35.5. The lowest BCUT2D eigenvalue weighted by atomic mass is 10.00. The SMILES string of the molecule is C=CC[C@@H](N)c1ccccc1C.Cl. The molecular formula is C11H16ClN. The van der Waals surface area contributed by atoms with Crippen molar-refractivity contribution in [3.05, 3.63) is 48.0 Å². The Kier molecular flexibility index (Phi) is 5.44. The molecule has 1 rings (SSSR count). The Balaban J connectivity index is 0.00000144. The molecule has 0 saturated heterocycles. The van der Waals surface area contributed by atoms with Gasteiger partial charge in [0.25, 0.3) is 0 Å². The summed E-state index contributed by atoms with van der Waals surface area (Å²) in [4.78, 5) is 0. The molecule has 1 aromatic rings. The lowest BCUT2D eigenvalue weighted by molar-refractivity contribution is 0.736. The summed E-state index contributed by atoms with van der Waals surface area (Å²) >= 11 is 0. The molecule has 0 heterocycles. The molecule has 1 nitrogen and oxygen atoms in total. The maximum absolute atomic E-state index is 5.94. The van der Waals surface area contributed by atoms with Crippen molar-refractivity contribution in [2.45, 2.75) is 19.4 Å². The summed E-state index contributed by atoms with van der Waals surface area (Å²) in [7, 11) is 0. The molecule has 0 fully saturated rings. The van der Waals surface area contributed by atoms with Gasteiger partial charge in [0.15, 0.2) is 0 Å². The van der Waals surface area contributed by atoms with Gasteiger partial charge in [-0.1, -0.05) is 30.3 Å². The molecule has 2 N–H and O–H groups in total. The molecular weight excluding hydrogens is 182 g/mol. The maximum atomic E-state index is 5.94. The Hall–Kier alpha value is -0.790. The van der Waals surface area contributed by atoms with Crippen molar-refractivity contribution < 1.29 is 0 Å². The van der Waals surface area contributed by atoms with E-state index in [4.69, 9.17) is 5.73 Å². The van der Waals surface area contributed by atoms with Gasteiger partial charge in [0.1, 0.15) is 0 Å². The number of rotatable bonds is 3. The lowest BCUT2D eigenvalue weighted by Gasteiger charge is -2.11. The molecule has 1 atom stereocenters. The van der Waals surface area contributed by atoms with Crippen LogP contribution in [-0.4, -0.2) is 0 Å². The van der Waals surface area contributed by atoms with Gasteiger partial charge in [-0.05, 0) is 24.5 Å². The van der Waals surface area contributed by atoms with Gasteiger partial charge in [-0.25, -0.2) is 0 Å². The van der Waals surface area contributed by atoms with Crippen molar-refractivity contribution in [3.8, 4) is 0 Å². The fourth-order valence-corrected chi connectivity index (χ4v) is 1.31. The Morgan fingerprint density at radius 2 is 2.08 bits per heavy atom.